The maximum absolute atomic E-state index is 13.1. The Morgan fingerprint density at radius 1 is 1.10 bits per heavy atom. The van der Waals surface area contributed by atoms with Crippen LogP contribution in [0, 0.1) is 0 Å². The van der Waals surface area contributed by atoms with Gasteiger partial charge in [0.05, 0.1) is 11.1 Å². The zero-order valence-corrected chi connectivity index (χ0v) is 16.8. The number of amides is 1. The van der Waals surface area contributed by atoms with Gasteiger partial charge in [-0.1, -0.05) is 34.8 Å². The highest BCUT2D eigenvalue weighted by Gasteiger charge is 2.38. The van der Waals surface area contributed by atoms with Crippen molar-refractivity contribution in [3.63, 3.8) is 0 Å². The van der Waals surface area contributed by atoms with E-state index in [2.05, 4.69) is 20.4 Å². The third-order valence-corrected chi connectivity index (χ3v) is 4.33. The minimum atomic E-state index is -4.78. The molecule has 1 aromatic carbocycles. The van der Waals surface area contributed by atoms with Gasteiger partial charge in [0.15, 0.2) is 11.6 Å². The van der Waals surface area contributed by atoms with Crippen LogP contribution in [-0.2, 0) is 6.18 Å². The first-order valence-electron chi connectivity index (χ1n) is 7.97. The third-order valence-electron chi connectivity index (χ3n) is 3.67. The summed E-state index contributed by atoms with van der Waals surface area (Å²) in [5.74, 6) is -2.09. The van der Waals surface area contributed by atoms with Gasteiger partial charge >= 0.3 is 6.18 Å². The molecule has 0 radical (unpaired) electrons. The predicted octanol–water partition coefficient (Wildman–Crippen LogP) is 5.13. The van der Waals surface area contributed by atoms with Crippen LogP contribution in [0.2, 0.25) is 15.1 Å². The molecule has 1 amide bonds. The molecule has 0 aliphatic carbocycles. The number of pyridine rings is 1. The molecule has 6 nitrogen and oxygen atoms in total. The highest BCUT2D eigenvalue weighted by Crippen LogP contribution is 2.29. The lowest BCUT2D eigenvalue weighted by Crippen LogP contribution is -2.28. The minimum Gasteiger partial charge on any atom is -0.342 e. The number of hydrogen-bond donors (Lipinski definition) is 1. The van der Waals surface area contributed by atoms with Crippen molar-refractivity contribution in [2.75, 3.05) is 0 Å². The summed E-state index contributed by atoms with van der Waals surface area (Å²) in [5.41, 5.74) is 0.140. The van der Waals surface area contributed by atoms with Gasteiger partial charge in [0.25, 0.3) is 11.7 Å². The van der Waals surface area contributed by atoms with Crippen LogP contribution in [0.1, 0.15) is 35.0 Å². The zero-order valence-electron chi connectivity index (χ0n) is 14.5. The normalized spacial score (nSPS) is 12.7. The van der Waals surface area contributed by atoms with E-state index < -0.39 is 23.9 Å². The summed E-state index contributed by atoms with van der Waals surface area (Å²) < 4.78 is 40.3. The monoisotopic (exact) mass is 463 g/mol. The number of benzene rings is 1. The molecule has 0 unspecified atom stereocenters. The molecule has 2 aromatic heterocycles. The Morgan fingerprint density at radius 2 is 1.76 bits per heavy atom. The SMILES string of the molecule is C[C@H](NC(=O)c1cc(Cl)cc(Cl)c1)c1nc(C(F)(F)F)nn1-c1ccc(Cl)cn1. The fourth-order valence-corrected chi connectivity index (χ4v) is 3.05. The van der Waals surface area contributed by atoms with Gasteiger partial charge < -0.3 is 5.32 Å². The molecule has 3 rings (SSSR count). The Labute approximate surface area is 177 Å². The van der Waals surface area contributed by atoms with Crippen molar-refractivity contribution in [2.45, 2.75) is 19.1 Å². The average Bonchev–Trinajstić information content (AvgIpc) is 3.07. The van der Waals surface area contributed by atoms with Crippen molar-refractivity contribution in [1.82, 2.24) is 25.1 Å². The lowest BCUT2D eigenvalue weighted by Gasteiger charge is -2.14. The standard InChI is InChI=1S/C17H11Cl3F3N5O/c1-8(25-15(29)9-4-11(19)6-12(20)5-9)14-26-16(17(21,22)23)27-28(14)13-3-2-10(18)7-24-13/h2-8H,1H3,(H,25,29)/t8-/m0/s1. The number of alkyl halides is 3. The molecule has 0 saturated carbocycles. The van der Waals surface area contributed by atoms with Gasteiger partial charge in [-0.25, -0.2) is 9.97 Å². The van der Waals surface area contributed by atoms with Gasteiger partial charge in [-0.05, 0) is 37.3 Å². The summed E-state index contributed by atoms with van der Waals surface area (Å²) in [4.78, 5) is 20.0. The van der Waals surface area contributed by atoms with E-state index >= 15 is 0 Å². The fraction of sp³-hybridized carbons (Fsp3) is 0.176. The maximum Gasteiger partial charge on any atom is 0.453 e. The van der Waals surface area contributed by atoms with Crippen molar-refractivity contribution < 1.29 is 18.0 Å². The highest BCUT2D eigenvalue weighted by molar-refractivity contribution is 6.35. The predicted molar refractivity (Wildman–Crippen MR) is 102 cm³/mol. The van der Waals surface area contributed by atoms with Crippen LogP contribution in [0.3, 0.4) is 0 Å². The van der Waals surface area contributed by atoms with Gasteiger partial charge in [-0.3, -0.25) is 4.79 Å². The summed E-state index contributed by atoms with van der Waals surface area (Å²) >= 11 is 17.5. The number of hydrogen-bond acceptors (Lipinski definition) is 4. The first kappa shape index (κ1) is 21.4. The van der Waals surface area contributed by atoms with Crippen molar-refractivity contribution in [3.8, 4) is 5.82 Å². The Morgan fingerprint density at radius 3 is 2.31 bits per heavy atom. The number of rotatable bonds is 4. The fourth-order valence-electron chi connectivity index (χ4n) is 2.42. The Balaban J connectivity index is 1.96. The number of aromatic nitrogens is 4. The molecule has 152 valence electrons. The molecule has 0 spiro atoms. The average molecular weight is 465 g/mol. The van der Waals surface area contributed by atoms with E-state index in [1.54, 1.807) is 0 Å². The van der Waals surface area contributed by atoms with Crippen molar-refractivity contribution in [1.29, 1.82) is 0 Å². The minimum absolute atomic E-state index is 0.0549. The van der Waals surface area contributed by atoms with E-state index in [4.69, 9.17) is 34.8 Å². The molecule has 3 aromatic rings. The summed E-state index contributed by atoms with van der Waals surface area (Å²) in [7, 11) is 0. The second-order valence-corrected chi connectivity index (χ2v) is 7.20. The van der Waals surface area contributed by atoms with E-state index in [0.717, 1.165) is 4.68 Å². The van der Waals surface area contributed by atoms with Crippen LogP contribution in [0.25, 0.3) is 5.82 Å². The van der Waals surface area contributed by atoms with Gasteiger partial charge in [0.1, 0.15) is 0 Å². The second kappa shape index (κ2) is 8.17. The zero-order chi connectivity index (χ0) is 21.3. The summed E-state index contributed by atoms with van der Waals surface area (Å²) in [6, 6.07) is 6.07. The molecule has 2 heterocycles. The molecule has 1 atom stereocenters. The van der Waals surface area contributed by atoms with Crippen LogP contribution < -0.4 is 5.32 Å². The molecule has 12 heteroatoms. The molecular formula is C17H11Cl3F3N5O. The van der Waals surface area contributed by atoms with Crippen LogP contribution >= 0.6 is 34.8 Å². The number of carbonyl (C=O) groups excluding carboxylic acids is 1. The van der Waals surface area contributed by atoms with Gasteiger partial charge in [0, 0.05) is 21.8 Å². The largest absolute Gasteiger partial charge is 0.453 e. The second-order valence-electron chi connectivity index (χ2n) is 5.89. The quantitative estimate of drug-likeness (QED) is 0.581. The number of carbonyl (C=O) groups is 1. The van der Waals surface area contributed by atoms with E-state index in [1.807, 2.05) is 0 Å². The molecule has 0 fully saturated rings. The molecular weight excluding hydrogens is 454 g/mol. The van der Waals surface area contributed by atoms with Gasteiger partial charge in [0.2, 0.25) is 0 Å². The molecule has 0 bridgehead atoms. The lowest BCUT2D eigenvalue weighted by atomic mass is 10.2. The van der Waals surface area contributed by atoms with Crippen LogP contribution in [0.4, 0.5) is 13.2 Å². The van der Waals surface area contributed by atoms with Gasteiger partial charge in [-0.2, -0.15) is 17.9 Å². The number of nitrogens with zero attached hydrogens (tertiary/aromatic N) is 4. The Kier molecular flexibility index (Phi) is 6.02. The highest BCUT2D eigenvalue weighted by atomic mass is 35.5. The first-order valence-corrected chi connectivity index (χ1v) is 9.11. The van der Waals surface area contributed by atoms with Crippen molar-refractivity contribution in [2.24, 2.45) is 0 Å². The molecule has 1 N–H and O–H groups in total. The molecule has 0 aliphatic heterocycles. The molecule has 29 heavy (non-hydrogen) atoms. The van der Waals surface area contributed by atoms with E-state index in [9.17, 15) is 18.0 Å². The lowest BCUT2D eigenvalue weighted by molar-refractivity contribution is -0.144. The third kappa shape index (κ3) is 4.98. The molecule has 0 aliphatic rings. The number of nitrogens with one attached hydrogen (secondary N) is 1. The van der Waals surface area contributed by atoms with E-state index in [0.29, 0.717) is 5.02 Å². The van der Waals surface area contributed by atoms with Crippen molar-refractivity contribution >= 4 is 40.7 Å². The Bertz CT molecular complexity index is 1030. The smallest absolute Gasteiger partial charge is 0.342 e. The van der Waals surface area contributed by atoms with Gasteiger partial charge in [-0.15, -0.1) is 5.10 Å². The maximum atomic E-state index is 13.1. The Hall–Kier alpha value is -2.36. The summed E-state index contributed by atoms with van der Waals surface area (Å²) in [5, 5.41) is 6.82. The van der Waals surface area contributed by atoms with Crippen LogP contribution in [-0.4, -0.2) is 25.7 Å². The molecule has 0 saturated heterocycles. The summed E-state index contributed by atoms with van der Waals surface area (Å²) in [6.07, 6.45) is -3.52. The number of halogens is 6. The summed E-state index contributed by atoms with van der Waals surface area (Å²) in [6.45, 7) is 1.46. The van der Waals surface area contributed by atoms with Crippen LogP contribution in [0.5, 0.6) is 0 Å². The van der Waals surface area contributed by atoms with E-state index in [-0.39, 0.29) is 27.3 Å². The topological polar surface area (TPSA) is 72.7 Å². The van der Waals surface area contributed by atoms with Crippen LogP contribution in [0.15, 0.2) is 36.5 Å². The van der Waals surface area contributed by atoms with E-state index in [1.165, 1.54) is 43.5 Å². The first-order chi connectivity index (χ1) is 13.5. The van der Waals surface area contributed by atoms with Crippen molar-refractivity contribution in [3.05, 3.63) is 68.8 Å².